The molecule has 0 bridgehead atoms. The predicted octanol–water partition coefficient (Wildman–Crippen LogP) is 28.5. The van der Waals surface area contributed by atoms with Crippen LogP contribution in [-0.4, -0.2) is 65.2 Å². The average Bonchev–Trinajstić information content (AvgIpc) is 0.784. The summed E-state index contributed by atoms with van der Waals surface area (Å²) in [7, 11) is -9.72. The molecule has 2 radical (unpaired) electrons. The van der Waals surface area contributed by atoms with E-state index in [-0.39, 0.29) is 59.9 Å². The van der Waals surface area contributed by atoms with Crippen molar-refractivity contribution >= 4 is 80.1 Å². The van der Waals surface area contributed by atoms with Crippen LogP contribution < -0.4 is 48.1 Å². The normalized spacial score (nSPS) is 12.0. The van der Waals surface area contributed by atoms with Crippen molar-refractivity contribution in [2.45, 2.75) is 85.4 Å². The van der Waals surface area contributed by atoms with Crippen LogP contribution in [0.1, 0.15) is 30.9 Å². The van der Waals surface area contributed by atoms with Gasteiger partial charge in [-0.3, -0.25) is 12.9 Å². The summed E-state index contributed by atoms with van der Waals surface area (Å²) in [6.07, 6.45) is 0. The van der Waals surface area contributed by atoms with E-state index in [0.29, 0.717) is 5.92 Å². The van der Waals surface area contributed by atoms with E-state index in [4.69, 9.17) is 37.9 Å². The van der Waals surface area contributed by atoms with Gasteiger partial charge < -0.3 is 42.6 Å². The third kappa shape index (κ3) is 38.7. The van der Waals surface area contributed by atoms with E-state index < -0.39 is 57.7 Å². The van der Waals surface area contributed by atoms with Crippen LogP contribution in [0.4, 0.5) is 94.0 Å². The Balaban J connectivity index is 0.000000249. The standard InChI is InChI=1S/C26H23O3S.C22H22FS.C21H21O3S.C20H18FO2S.C6BF5.BF3.2F6P.FH/c1-27-20-8-14-24(15-9-20)30(25-16-10-21(28-2)11-17-25)26-18-12-23(13-19-26)29-22-6-4-3-5-7-22;1-16(2)18-6-12-21(13-7-18)24(20-10-4-17(3)5-11-20)22-14-8-19(23)9-15-22;1-22-16-4-10-19(11-5-16)25(20-12-6-17(23-2)7-13-20)21-14-8-18(24-3)9-15-21;1-22-16-5-11-19(12-6-16)24(18-9-3-15(21)4-10-18)20-13-7-17(23-2)8-14-20;7-1-2(8)4(10)6(12)5(11)3(1)9;2-1(3)4;2*1-7(2,3,4,5)6;/h3-19H,1-2H3;4-16H,1-3H3;4-15H,1-3H3;3-14H,1-2H3;;;;;1H/q4*+1;;;2*-1;/p-1. The third-order valence-electron chi connectivity index (χ3n) is 17.5. The number of methoxy groups -OCH3 is 7. The molecule has 0 saturated carbocycles. The van der Waals surface area contributed by atoms with Crippen LogP contribution >= 0.6 is 15.6 Å². The SMILES string of the molecule is COc1ccc([S+](c2ccc(F)cc2)c2ccc(OC)cc2)cc1.COc1ccc([S+](c2ccc(OC)cc2)c2ccc(OC)cc2)cc1.COc1ccc([S+](c2ccc(OC)cc2)c2ccc(Oc3ccccc3)cc2)cc1.Cc1ccc([S+](c2ccc(F)cc2)c2ccc(C(C)C)cc2)cc1.FB(F)F.F[P-](F)(F)(F)(F)F.F[P-](F)(F)(F)(F)F.[B]c1c(F)c(F)c(F)c(F)c1F.[F-]. The molecule has 39 heteroatoms. The van der Waals surface area contributed by atoms with Crippen LogP contribution in [0.5, 0.6) is 51.7 Å². The van der Waals surface area contributed by atoms with Crippen molar-refractivity contribution in [1.29, 1.82) is 0 Å². The first-order chi connectivity index (χ1) is 62.4. The van der Waals surface area contributed by atoms with Gasteiger partial charge in [0.2, 0.25) is 0 Å². The molecule has 0 aromatic heterocycles. The number of hydrogen-bond donors (Lipinski definition) is 0. The van der Waals surface area contributed by atoms with Gasteiger partial charge in [0.25, 0.3) is 0 Å². The number of para-hydroxylation sites is 1. The van der Waals surface area contributed by atoms with Gasteiger partial charge in [-0.1, -0.05) is 61.9 Å². The Morgan fingerprint density at radius 2 is 0.403 bits per heavy atom. The number of hydrogen-bond acceptors (Lipinski definition) is 8. The number of ether oxygens (including phenoxy) is 8. The average molecular weight is 2000 g/mol. The van der Waals surface area contributed by atoms with E-state index in [1.807, 2.05) is 152 Å². The van der Waals surface area contributed by atoms with Gasteiger partial charge in [0.05, 0.1) is 93.3 Å². The smallest absolute Gasteiger partial charge is 0.200 e. The summed E-state index contributed by atoms with van der Waals surface area (Å²) >= 11 is 0. The van der Waals surface area contributed by atoms with Gasteiger partial charge in [0.1, 0.15) is 71.2 Å². The summed E-state index contributed by atoms with van der Waals surface area (Å²) < 4.78 is 278. The Labute approximate surface area is 772 Å². The van der Waals surface area contributed by atoms with Gasteiger partial charge in [0.15, 0.2) is 87.8 Å². The minimum Gasteiger partial charge on any atom is -1.00 e. The Morgan fingerprint density at radius 3 is 0.590 bits per heavy atom. The summed E-state index contributed by atoms with van der Waals surface area (Å²) in [5.74, 6) is -2.65. The Bertz CT molecular complexity index is 5460. The molecule has 14 aromatic carbocycles. The summed E-state index contributed by atoms with van der Waals surface area (Å²) in [6, 6.07) is 106. The number of aryl methyl sites for hydroxylation is 1. The van der Waals surface area contributed by atoms with Crippen LogP contribution in [0, 0.1) is 47.6 Å². The first-order valence-electron chi connectivity index (χ1n) is 38.6. The largest absolute Gasteiger partial charge is 1.00 e. The Hall–Kier alpha value is -11.7. The second kappa shape index (κ2) is 48.4. The Kier molecular flexibility index (Phi) is 40.1. The van der Waals surface area contributed by atoms with Crippen molar-refractivity contribution in [2.24, 2.45) is 0 Å². The van der Waals surface area contributed by atoms with Gasteiger partial charge in [0, 0.05) is 0 Å². The molecule has 0 aliphatic rings. The van der Waals surface area contributed by atoms with Crippen molar-refractivity contribution < 1.29 is 137 Å². The minimum atomic E-state index is -10.7. The van der Waals surface area contributed by atoms with E-state index in [2.05, 4.69) is 174 Å². The molecule has 0 N–H and O–H groups in total. The second-order valence-electron chi connectivity index (χ2n) is 27.4. The first kappa shape index (κ1) is 111. The molecule has 0 spiro atoms. The summed E-state index contributed by atoms with van der Waals surface area (Å²) in [5, 5.41) is 0. The summed E-state index contributed by atoms with van der Waals surface area (Å²) in [4.78, 5) is 14.4. The molecule has 1 atom stereocenters. The minimum absolute atomic E-state index is 0. The van der Waals surface area contributed by atoms with E-state index in [1.165, 1.54) is 62.4 Å². The third-order valence-corrected chi connectivity index (χ3v) is 26.4. The van der Waals surface area contributed by atoms with Gasteiger partial charge in [-0.15, -0.1) is 0 Å². The number of halogens is 23. The van der Waals surface area contributed by atoms with Gasteiger partial charge in [-0.25, -0.2) is 30.7 Å². The second-order valence-corrected chi connectivity index (χ2v) is 39.4. The quantitative estimate of drug-likeness (QED) is 0.0166. The molecule has 14 rings (SSSR count). The zero-order valence-electron chi connectivity index (χ0n) is 72.3. The van der Waals surface area contributed by atoms with E-state index in [0.717, 1.165) is 71.3 Å². The number of rotatable bonds is 22. The van der Waals surface area contributed by atoms with Crippen LogP contribution in [0.2, 0.25) is 0 Å². The van der Waals surface area contributed by atoms with Crippen molar-refractivity contribution in [2.75, 3.05) is 49.8 Å². The van der Waals surface area contributed by atoms with Gasteiger partial charge >= 0.3 is 73.5 Å². The fourth-order valence-electron chi connectivity index (χ4n) is 11.3. The molecule has 0 saturated heterocycles. The Morgan fingerprint density at radius 1 is 0.246 bits per heavy atom. The molecule has 0 fully saturated rings. The van der Waals surface area contributed by atoms with Crippen molar-refractivity contribution in [3.63, 3.8) is 0 Å². The molecule has 0 aliphatic heterocycles. The molecule has 8 nitrogen and oxygen atoms in total. The zero-order valence-corrected chi connectivity index (χ0v) is 77.4. The van der Waals surface area contributed by atoms with E-state index >= 15 is 0 Å². The molecular formula is C95H84B2F23O8P2S4+. The molecule has 0 amide bonds. The fourth-order valence-corrected chi connectivity index (χ4v) is 19.5. The van der Waals surface area contributed by atoms with Gasteiger partial charge in [-0.2, -0.15) is 0 Å². The monoisotopic (exact) mass is 2000 g/mol. The molecular weight excluding hydrogens is 1920 g/mol. The summed E-state index contributed by atoms with van der Waals surface area (Å²) in [5.41, 5.74) is 1.22. The molecule has 712 valence electrons. The van der Waals surface area contributed by atoms with Crippen LogP contribution in [0.25, 0.3) is 0 Å². The molecule has 134 heavy (non-hydrogen) atoms. The molecule has 1 unspecified atom stereocenters. The fraction of sp³-hybridized carbons (Fsp3) is 0.116. The maximum absolute atomic E-state index is 13.4. The zero-order chi connectivity index (χ0) is 98.3. The predicted molar refractivity (Wildman–Crippen MR) is 485 cm³/mol. The van der Waals surface area contributed by atoms with Crippen molar-refractivity contribution in [3.05, 3.63) is 373 Å². The van der Waals surface area contributed by atoms with Crippen molar-refractivity contribution in [3.8, 4) is 51.7 Å². The van der Waals surface area contributed by atoms with E-state index in [9.17, 15) is 94.0 Å². The van der Waals surface area contributed by atoms with Crippen LogP contribution in [-0.2, 0) is 43.6 Å². The van der Waals surface area contributed by atoms with Crippen molar-refractivity contribution in [1.82, 2.24) is 0 Å². The molecule has 0 heterocycles. The topological polar surface area (TPSA) is 73.8 Å². The number of benzene rings is 14. The molecule has 14 aromatic rings. The first-order valence-corrected chi connectivity index (χ1v) is 47.6. The van der Waals surface area contributed by atoms with Crippen LogP contribution in [0.3, 0.4) is 0 Å². The van der Waals surface area contributed by atoms with Gasteiger partial charge in [-0.05, 0) is 303 Å². The van der Waals surface area contributed by atoms with E-state index in [1.54, 1.807) is 61.9 Å². The molecule has 0 aliphatic carbocycles. The van der Waals surface area contributed by atoms with Crippen LogP contribution in [0.15, 0.2) is 380 Å². The summed E-state index contributed by atoms with van der Waals surface area (Å²) in [6.45, 7) is 6.50. The maximum atomic E-state index is 13.4. The maximum Gasteiger partial charge on any atom is 0.200 e.